The van der Waals surface area contributed by atoms with E-state index in [0.717, 1.165) is 0 Å². The number of rotatable bonds is 5. The van der Waals surface area contributed by atoms with Gasteiger partial charge in [0.2, 0.25) is 0 Å². The van der Waals surface area contributed by atoms with Crippen LogP contribution in [-0.2, 0) is 4.74 Å². The molecule has 0 aromatic heterocycles. The van der Waals surface area contributed by atoms with Gasteiger partial charge in [0.15, 0.2) is 0 Å². The number of hydrogen-bond acceptors (Lipinski definition) is 2. The maximum atomic E-state index is 10.1. The molecule has 1 aliphatic rings. The largest absolute Gasteiger partial charge is 0.390 e. The Hall–Kier alpha value is -0.0800. The summed E-state index contributed by atoms with van der Waals surface area (Å²) in [5.74, 6) is 1.19. The molecule has 2 nitrogen and oxygen atoms in total. The van der Waals surface area contributed by atoms with E-state index in [1.807, 2.05) is 13.8 Å². The summed E-state index contributed by atoms with van der Waals surface area (Å²) in [6.45, 7) is 6.79. The Balaban J connectivity index is 2.37. The summed E-state index contributed by atoms with van der Waals surface area (Å²) < 4.78 is 5.50. The first-order valence-electron chi connectivity index (χ1n) is 6.44. The van der Waals surface area contributed by atoms with E-state index in [2.05, 4.69) is 6.92 Å². The van der Waals surface area contributed by atoms with Gasteiger partial charge in [-0.3, -0.25) is 0 Å². The van der Waals surface area contributed by atoms with E-state index in [-0.39, 0.29) is 12.2 Å². The van der Waals surface area contributed by atoms with Gasteiger partial charge in [0.1, 0.15) is 0 Å². The van der Waals surface area contributed by atoms with E-state index in [9.17, 15) is 5.11 Å². The fraction of sp³-hybridized carbons (Fsp3) is 1.00. The Bertz CT molecular complexity index is 168. The van der Waals surface area contributed by atoms with E-state index < -0.39 is 0 Å². The van der Waals surface area contributed by atoms with Crippen molar-refractivity contribution in [3.63, 3.8) is 0 Å². The molecule has 2 heteroatoms. The number of ether oxygens (including phenoxy) is 1. The van der Waals surface area contributed by atoms with Gasteiger partial charge in [0, 0.05) is 0 Å². The first-order valence-corrected chi connectivity index (χ1v) is 6.44. The van der Waals surface area contributed by atoms with Gasteiger partial charge in [-0.25, -0.2) is 0 Å². The number of hydrogen-bond donors (Lipinski definition) is 1. The molecule has 1 fully saturated rings. The Morgan fingerprint density at radius 3 is 2.53 bits per heavy atom. The first kappa shape index (κ1) is 13.0. The van der Waals surface area contributed by atoms with Crippen LogP contribution in [0.1, 0.15) is 52.9 Å². The average Bonchev–Trinajstić information content (AvgIpc) is 2.25. The molecule has 3 atom stereocenters. The minimum absolute atomic E-state index is 0.225. The molecule has 0 amide bonds. The van der Waals surface area contributed by atoms with Crippen LogP contribution in [0.4, 0.5) is 0 Å². The monoisotopic (exact) mass is 214 g/mol. The van der Waals surface area contributed by atoms with Gasteiger partial charge < -0.3 is 9.84 Å². The maximum Gasteiger partial charge on any atom is 0.0804 e. The molecule has 1 saturated carbocycles. The molecule has 0 spiro atoms. The Morgan fingerprint density at radius 1 is 1.27 bits per heavy atom. The van der Waals surface area contributed by atoms with Crippen LogP contribution in [0.3, 0.4) is 0 Å². The molecule has 15 heavy (non-hydrogen) atoms. The highest BCUT2D eigenvalue weighted by atomic mass is 16.5. The van der Waals surface area contributed by atoms with E-state index in [0.29, 0.717) is 18.4 Å². The normalized spacial score (nSPS) is 29.4. The molecule has 0 radical (unpaired) electrons. The predicted molar refractivity (Wildman–Crippen MR) is 62.8 cm³/mol. The zero-order valence-corrected chi connectivity index (χ0v) is 10.4. The standard InChI is InChI=1S/C13H26O2/c1-4-11-7-5-6-8-12(11)13(14)9-15-10(2)3/h10-14H,4-9H2,1-3H3. The van der Waals surface area contributed by atoms with Gasteiger partial charge in [0.25, 0.3) is 0 Å². The van der Waals surface area contributed by atoms with Crippen molar-refractivity contribution in [2.75, 3.05) is 6.61 Å². The fourth-order valence-corrected chi connectivity index (χ4v) is 2.66. The molecule has 0 bridgehead atoms. The number of aliphatic hydroxyl groups excluding tert-OH is 1. The van der Waals surface area contributed by atoms with Crippen LogP contribution >= 0.6 is 0 Å². The molecule has 0 aromatic carbocycles. The molecular formula is C13H26O2. The van der Waals surface area contributed by atoms with Crippen molar-refractivity contribution < 1.29 is 9.84 Å². The molecule has 0 heterocycles. The lowest BCUT2D eigenvalue weighted by Crippen LogP contribution is -2.34. The summed E-state index contributed by atoms with van der Waals surface area (Å²) in [4.78, 5) is 0. The summed E-state index contributed by atoms with van der Waals surface area (Å²) in [5, 5.41) is 10.1. The van der Waals surface area contributed by atoms with Crippen molar-refractivity contribution >= 4 is 0 Å². The van der Waals surface area contributed by atoms with Gasteiger partial charge in [0.05, 0.1) is 18.8 Å². The predicted octanol–water partition coefficient (Wildman–Crippen LogP) is 2.99. The Morgan fingerprint density at radius 2 is 1.93 bits per heavy atom. The zero-order valence-electron chi connectivity index (χ0n) is 10.4. The summed E-state index contributed by atoms with van der Waals surface area (Å²) in [6, 6.07) is 0. The van der Waals surface area contributed by atoms with Crippen molar-refractivity contribution in [2.45, 2.75) is 65.1 Å². The molecule has 1 N–H and O–H groups in total. The van der Waals surface area contributed by atoms with E-state index in [1.165, 1.54) is 32.1 Å². The van der Waals surface area contributed by atoms with Crippen LogP contribution in [0.5, 0.6) is 0 Å². The summed E-state index contributed by atoms with van der Waals surface area (Å²) >= 11 is 0. The lowest BCUT2D eigenvalue weighted by atomic mass is 9.75. The van der Waals surface area contributed by atoms with Gasteiger partial charge in [-0.15, -0.1) is 0 Å². The van der Waals surface area contributed by atoms with Crippen molar-refractivity contribution in [3.8, 4) is 0 Å². The van der Waals surface area contributed by atoms with E-state index in [4.69, 9.17) is 4.74 Å². The van der Waals surface area contributed by atoms with Crippen molar-refractivity contribution in [1.29, 1.82) is 0 Å². The molecule has 0 saturated heterocycles. The molecular weight excluding hydrogens is 188 g/mol. The highest BCUT2D eigenvalue weighted by Crippen LogP contribution is 2.34. The van der Waals surface area contributed by atoms with E-state index >= 15 is 0 Å². The summed E-state index contributed by atoms with van der Waals surface area (Å²) in [5.41, 5.74) is 0. The second-order valence-corrected chi connectivity index (χ2v) is 5.07. The van der Waals surface area contributed by atoms with Gasteiger partial charge in [-0.2, -0.15) is 0 Å². The van der Waals surface area contributed by atoms with E-state index in [1.54, 1.807) is 0 Å². The van der Waals surface area contributed by atoms with Crippen LogP contribution < -0.4 is 0 Å². The topological polar surface area (TPSA) is 29.5 Å². The highest BCUT2D eigenvalue weighted by molar-refractivity contribution is 4.80. The molecule has 0 aromatic rings. The lowest BCUT2D eigenvalue weighted by Gasteiger charge is -2.34. The van der Waals surface area contributed by atoms with Crippen LogP contribution in [0.2, 0.25) is 0 Å². The minimum Gasteiger partial charge on any atom is -0.390 e. The van der Waals surface area contributed by atoms with Crippen LogP contribution in [0.15, 0.2) is 0 Å². The first-order chi connectivity index (χ1) is 7.15. The zero-order chi connectivity index (χ0) is 11.3. The molecule has 3 unspecified atom stereocenters. The van der Waals surface area contributed by atoms with Gasteiger partial charge >= 0.3 is 0 Å². The molecule has 1 rings (SSSR count). The quantitative estimate of drug-likeness (QED) is 0.762. The van der Waals surface area contributed by atoms with Crippen molar-refractivity contribution in [2.24, 2.45) is 11.8 Å². The fourth-order valence-electron chi connectivity index (χ4n) is 2.66. The average molecular weight is 214 g/mol. The second kappa shape index (κ2) is 6.49. The SMILES string of the molecule is CCC1CCCCC1C(O)COC(C)C. The van der Waals surface area contributed by atoms with Gasteiger partial charge in [-0.05, 0) is 32.1 Å². The summed E-state index contributed by atoms with van der Waals surface area (Å²) in [7, 11) is 0. The van der Waals surface area contributed by atoms with Crippen LogP contribution in [-0.4, -0.2) is 23.9 Å². The van der Waals surface area contributed by atoms with Crippen LogP contribution in [0, 0.1) is 11.8 Å². The second-order valence-electron chi connectivity index (χ2n) is 5.07. The van der Waals surface area contributed by atoms with Crippen molar-refractivity contribution in [1.82, 2.24) is 0 Å². The third kappa shape index (κ3) is 4.12. The van der Waals surface area contributed by atoms with Crippen molar-refractivity contribution in [3.05, 3.63) is 0 Å². The van der Waals surface area contributed by atoms with Crippen LogP contribution in [0.25, 0.3) is 0 Å². The third-order valence-electron chi connectivity index (χ3n) is 3.59. The maximum absolute atomic E-state index is 10.1. The minimum atomic E-state index is -0.252. The summed E-state index contributed by atoms with van der Waals surface area (Å²) in [6.07, 6.45) is 6.26. The highest BCUT2D eigenvalue weighted by Gasteiger charge is 2.29. The number of aliphatic hydroxyl groups is 1. The third-order valence-corrected chi connectivity index (χ3v) is 3.59. The Kier molecular flexibility index (Phi) is 5.62. The lowest BCUT2D eigenvalue weighted by molar-refractivity contribution is -0.0416. The smallest absolute Gasteiger partial charge is 0.0804 e. The van der Waals surface area contributed by atoms with Gasteiger partial charge in [-0.1, -0.05) is 32.6 Å². The Labute approximate surface area is 94.0 Å². The molecule has 90 valence electrons. The molecule has 1 aliphatic carbocycles. The molecule has 0 aliphatic heterocycles.